The molecule has 122 valence electrons. The van der Waals surface area contributed by atoms with E-state index in [0.717, 1.165) is 19.4 Å². The maximum atomic E-state index is 11.9. The number of hydrogen-bond acceptors (Lipinski definition) is 4. The van der Waals surface area contributed by atoms with Gasteiger partial charge in [0, 0.05) is 45.2 Å². The number of piperazine rings is 1. The Morgan fingerprint density at radius 1 is 1.10 bits per heavy atom. The van der Waals surface area contributed by atoms with Crippen LogP contribution in [0.1, 0.15) is 38.5 Å². The number of rotatable bonds is 5. The smallest absolute Gasteiger partial charge is 0.221 e. The van der Waals surface area contributed by atoms with Crippen molar-refractivity contribution >= 4 is 15.9 Å². The molecule has 21 heavy (non-hydrogen) atoms. The Morgan fingerprint density at radius 2 is 1.71 bits per heavy atom. The first kappa shape index (κ1) is 16.7. The summed E-state index contributed by atoms with van der Waals surface area (Å²) in [6.07, 6.45) is 7.71. The standard InChI is InChI=1S/C14H27N3O3S/c1-21(19,20)17-11-9-16(10-12-17)8-7-14(18)15-13-5-3-2-4-6-13/h13H,2-12H2,1H3,(H,15,18). The summed E-state index contributed by atoms with van der Waals surface area (Å²) < 4.78 is 24.4. The molecule has 0 aromatic heterocycles. The van der Waals surface area contributed by atoms with Crippen molar-refractivity contribution in [1.82, 2.24) is 14.5 Å². The largest absolute Gasteiger partial charge is 0.353 e. The molecule has 1 heterocycles. The molecule has 2 aliphatic rings. The zero-order valence-electron chi connectivity index (χ0n) is 12.9. The van der Waals surface area contributed by atoms with Crippen LogP contribution in [0.15, 0.2) is 0 Å². The molecule has 1 aliphatic carbocycles. The highest BCUT2D eigenvalue weighted by molar-refractivity contribution is 7.88. The van der Waals surface area contributed by atoms with Crippen molar-refractivity contribution < 1.29 is 13.2 Å². The number of amides is 1. The number of carbonyl (C=O) groups is 1. The summed E-state index contributed by atoms with van der Waals surface area (Å²) in [5.74, 6) is 0.132. The molecule has 0 unspecified atom stereocenters. The zero-order chi connectivity index (χ0) is 15.3. The predicted octanol–water partition coefficient (Wildman–Crippen LogP) is 0.403. The molecule has 2 fully saturated rings. The average molecular weight is 317 g/mol. The summed E-state index contributed by atoms with van der Waals surface area (Å²) in [4.78, 5) is 14.1. The third-order valence-corrected chi connectivity index (χ3v) is 5.73. The van der Waals surface area contributed by atoms with Crippen molar-refractivity contribution in [2.75, 3.05) is 39.0 Å². The molecule has 1 aliphatic heterocycles. The van der Waals surface area contributed by atoms with Crippen molar-refractivity contribution in [1.29, 1.82) is 0 Å². The van der Waals surface area contributed by atoms with Crippen LogP contribution in [0, 0.1) is 0 Å². The van der Waals surface area contributed by atoms with Gasteiger partial charge in [-0.25, -0.2) is 8.42 Å². The van der Waals surface area contributed by atoms with Crippen molar-refractivity contribution in [3.63, 3.8) is 0 Å². The second-order valence-corrected chi connectivity index (χ2v) is 8.14. The van der Waals surface area contributed by atoms with Gasteiger partial charge in [-0.3, -0.25) is 4.79 Å². The fraction of sp³-hybridized carbons (Fsp3) is 0.929. The third kappa shape index (κ3) is 5.56. The monoisotopic (exact) mass is 317 g/mol. The molecule has 1 N–H and O–H groups in total. The van der Waals surface area contributed by atoms with Gasteiger partial charge in [-0.15, -0.1) is 0 Å². The van der Waals surface area contributed by atoms with Crippen LogP contribution < -0.4 is 5.32 Å². The topological polar surface area (TPSA) is 69.7 Å². The van der Waals surface area contributed by atoms with Crippen molar-refractivity contribution in [2.24, 2.45) is 0 Å². The number of carbonyl (C=O) groups excluding carboxylic acids is 1. The lowest BCUT2D eigenvalue weighted by molar-refractivity contribution is -0.122. The molecular weight excluding hydrogens is 290 g/mol. The summed E-state index contributed by atoms with van der Waals surface area (Å²) >= 11 is 0. The van der Waals surface area contributed by atoms with E-state index < -0.39 is 10.0 Å². The Hall–Kier alpha value is -0.660. The molecule has 0 spiro atoms. The first-order valence-electron chi connectivity index (χ1n) is 7.92. The Morgan fingerprint density at radius 3 is 2.29 bits per heavy atom. The number of nitrogens with one attached hydrogen (secondary N) is 1. The molecule has 0 bridgehead atoms. The lowest BCUT2D eigenvalue weighted by Gasteiger charge is -2.33. The van der Waals surface area contributed by atoms with Crippen LogP contribution in [0.4, 0.5) is 0 Å². The van der Waals surface area contributed by atoms with Crippen LogP contribution in [0.2, 0.25) is 0 Å². The molecule has 6 nitrogen and oxygen atoms in total. The molecule has 0 aromatic carbocycles. The Balaban J connectivity index is 1.64. The highest BCUT2D eigenvalue weighted by Crippen LogP contribution is 2.17. The Bertz CT molecular complexity index is 438. The fourth-order valence-corrected chi connectivity index (χ4v) is 3.92. The summed E-state index contributed by atoms with van der Waals surface area (Å²) in [5, 5.41) is 3.12. The summed E-state index contributed by atoms with van der Waals surface area (Å²) in [7, 11) is -3.07. The maximum Gasteiger partial charge on any atom is 0.221 e. The van der Waals surface area contributed by atoms with E-state index in [4.69, 9.17) is 0 Å². The van der Waals surface area contributed by atoms with E-state index in [1.165, 1.54) is 29.8 Å². The van der Waals surface area contributed by atoms with Gasteiger partial charge in [0.1, 0.15) is 0 Å². The van der Waals surface area contributed by atoms with Gasteiger partial charge in [-0.2, -0.15) is 4.31 Å². The first-order valence-corrected chi connectivity index (χ1v) is 9.77. The molecular formula is C14H27N3O3S. The molecule has 1 saturated carbocycles. The van der Waals surface area contributed by atoms with Gasteiger partial charge in [0.05, 0.1) is 6.26 Å². The van der Waals surface area contributed by atoms with Gasteiger partial charge in [0.15, 0.2) is 0 Å². The van der Waals surface area contributed by atoms with Crippen molar-refractivity contribution in [3.8, 4) is 0 Å². The van der Waals surface area contributed by atoms with Crippen molar-refractivity contribution in [2.45, 2.75) is 44.6 Å². The third-order valence-electron chi connectivity index (χ3n) is 4.43. The second-order valence-electron chi connectivity index (χ2n) is 6.16. The molecule has 0 aromatic rings. The van der Waals surface area contributed by atoms with Crippen LogP contribution in [0.25, 0.3) is 0 Å². The van der Waals surface area contributed by atoms with E-state index in [1.54, 1.807) is 0 Å². The normalized spacial score (nSPS) is 23.1. The minimum atomic E-state index is -3.07. The van der Waals surface area contributed by atoms with Crippen LogP contribution in [-0.2, 0) is 14.8 Å². The van der Waals surface area contributed by atoms with E-state index in [1.807, 2.05) is 0 Å². The van der Waals surface area contributed by atoms with Crippen LogP contribution >= 0.6 is 0 Å². The zero-order valence-corrected chi connectivity index (χ0v) is 13.7. The lowest BCUT2D eigenvalue weighted by atomic mass is 9.95. The minimum Gasteiger partial charge on any atom is -0.353 e. The minimum absolute atomic E-state index is 0.132. The molecule has 0 radical (unpaired) electrons. The van der Waals surface area contributed by atoms with Gasteiger partial charge in [-0.05, 0) is 12.8 Å². The number of nitrogens with zero attached hydrogens (tertiary/aromatic N) is 2. The van der Waals surface area contributed by atoms with E-state index in [0.29, 0.717) is 38.6 Å². The van der Waals surface area contributed by atoms with Gasteiger partial charge < -0.3 is 10.2 Å². The van der Waals surface area contributed by atoms with Crippen LogP contribution in [0.5, 0.6) is 0 Å². The molecule has 7 heteroatoms. The average Bonchev–Trinajstić information content (AvgIpc) is 2.46. The number of sulfonamides is 1. The van der Waals surface area contributed by atoms with E-state index in [9.17, 15) is 13.2 Å². The Labute approximate surface area is 127 Å². The number of hydrogen-bond donors (Lipinski definition) is 1. The fourth-order valence-electron chi connectivity index (χ4n) is 3.09. The summed E-state index contributed by atoms with van der Waals surface area (Å²) in [6.45, 7) is 3.20. The first-order chi connectivity index (χ1) is 9.95. The van der Waals surface area contributed by atoms with E-state index in [-0.39, 0.29) is 5.91 Å². The SMILES string of the molecule is CS(=O)(=O)N1CCN(CCC(=O)NC2CCCCC2)CC1. The molecule has 1 amide bonds. The predicted molar refractivity (Wildman–Crippen MR) is 82.5 cm³/mol. The molecule has 0 atom stereocenters. The summed E-state index contributed by atoms with van der Waals surface area (Å²) in [5.41, 5.74) is 0. The molecule has 2 rings (SSSR count). The lowest BCUT2D eigenvalue weighted by Crippen LogP contribution is -2.49. The van der Waals surface area contributed by atoms with Crippen LogP contribution in [-0.4, -0.2) is 68.6 Å². The summed E-state index contributed by atoms with van der Waals surface area (Å²) in [6, 6.07) is 0.369. The van der Waals surface area contributed by atoms with Gasteiger partial charge in [-0.1, -0.05) is 19.3 Å². The van der Waals surface area contributed by atoms with E-state index in [2.05, 4.69) is 10.2 Å². The highest BCUT2D eigenvalue weighted by atomic mass is 32.2. The van der Waals surface area contributed by atoms with E-state index >= 15 is 0 Å². The molecule has 1 saturated heterocycles. The Kier molecular flexibility index (Phi) is 6.01. The second kappa shape index (κ2) is 7.56. The van der Waals surface area contributed by atoms with Crippen molar-refractivity contribution in [3.05, 3.63) is 0 Å². The van der Waals surface area contributed by atoms with Gasteiger partial charge in [0.2, 0.25) is 15.9 Å². The van der Waals surface area contributed by atoms with Gasteiger partial charge in [0.25, 0.3) is 0 Å². The highest BCUT2D eigenvalue weighted by Gasteiger charge is 2.23. The van der Waals surface area contributed by atoms with Crippen LogP contribution in [0.3, 0.4) is 0 Å². The quantitative estimate of drug-likeness (QED) is 0.797. The maximum absolute atomic E-state index is 11.9. The van der Waals surface area contributed by atoms with Gasteiger partial charge >= 0.3 is 0 Å².